The van der Waals surface area contributed by atoms with Crippen LogP contribution < -0.4 is 9.88 Å². The van der Waals surface area contributed by atoms with E-state index in [1.54, 1.807) is 0 Å². The Morgan fingerprint density at radius 1 is 1.20 bits per heavy atom. The Morgan fingerprint density at radius 3 is 2.65 bits per heavy atom. The number of aryl methyl sites for hydroxylation is 1. The highest BCUT2D eigenvalue weighted by atomic mass is 16.1. The summed E-state index contributed by atoms with van der Waals surface area (Å²) < 4.78 is 1.92. The van der Waals surface area contributed by atoms with Gasteiger partial charge in [-0.15, -0.1) is 0 Å². The second-order valence-electron chi connectivity index (χ2n) is 5.33. The third kappa shape index (κ3) is 3.67. The van der Waals surface area contributed by atoms with Crippen molar-refractivity contribution in [2.75, 3.05) is 5.32 Å². The van der Waals surface area contributed by atoms with Crippen LogP contribution in [0.25, 0.3) is 0 Å². The SMILES string of the molecule is Cc1ccccc1NC(=O)C[n+]1cccc(C(C)C)c1. The molecule has 1 aromatic carbocycles. The largest absolute Gasteiger partial charge is 0.320 e. The Labute approximate surface area is 120 Å². The lowest BCUT2D eigenvalue weighted by Crippen LogP contribution is -2.40. The average molecular weight is 269 g/mol. The fourth-order valence-electron chi connectivity index (χ4n) is 2.05. The predicted octanol–water partition coefficient (Wildman–Crippen LogP) is 3.04. The van der Waals surface area contributed by atoms with Crippen molar-refractivity contribution in [1.82, 2.24) is 0 Å². The van der Waals surface area contributed by atoms with Crippen molar-refractivity contribution in [2.45, 2.75) is 33.2 Å². The predicted molar refractivity (Wildman–Crippen MR) is 80.5 cm³/mol. The number of hydrogen-bond acceptors (Lipinski definition) is 1. The number of pyridine rings is 1. The van der Waals surface area contributed by atoms with Crippen molar-refractivity contribution in [3.8, 4) is 0 Å². The lowest BCUT2D eigenvalue weighted by molar-refractivity contribution is -0.684. The zero-order valence-corrected chi connectivity index (χ0v) is 12.3. The molecule has 1 amide bonds. The smallest absolute Gasteiger partial charge is 0.290 e. The summed E-state index contributed by atoms with van der Waals surface area (Å²) in [5.74, 6) is 0.451. The molecular weight excluding hydrogens is 248 g/mol. The number of carbonyl (C=O) groups is 1. The van der Waals surface area contributed by atoms with E-state index in [0.29, 0.717) is 12.5 Å². The van der Waals surface area contributed by atoms with Gasteiger partial charge < -0.3 is 5.32 Å². The number of amides is 1. The Balaban J connectivity index is 2.05. The molecule has 0 bridgehead atoms. The molecule has 1 heterocycles. The van der Waals surface area contributed by atoms with Crippen LogP contribution in [0.2, 0.25) is 0 Å². The van der Waals surface area contributed by atoms with Crippen LogP contribution in [0.5, 0.6) is 0 Å². The average Bonchev–Trinajstić information content (AvgIpc) is 2.41. The molecule has 3 nitrogen and oxygen atoms in total. The third-order valence-electron chi connectivity index (χ3n) is 3.29. The second-order valence-corrected chi connectivity index (χ2v) is 5.33. The number of aromatic nitrogens is 1. The van der Waals surface area contributed by atoms with Gasteiger partial charge in [-0.05, 0) is 30.5 Å². The van der Waals surface area contributed by atoms with E-state index in [-0.39, 0.29) is 5.91 Å². The summed E-state index contributed by atoms with van der Waals surface area (Å²) in [7, 11) is 0. The van der Waals surface area contributed by atoms with Crippen LogP contribution in [0.15, 0.2) is 48.8 Å². The zero-order valence-electron chi connectivity index (χ0n) is 12.3. The summed E-state index contributed by atoms with van der Waals surface area (Å²) in [6.07, 6.45) is 3.95. The van der Waals surface area contributed by atoms with Crippen LogP contribution >= 0.6 is 0 Å². The maximum absolute atomic E-state index is 12.1. The molecule has 0 spiro atoms. The first-order chi connectivity index (χ1) is 9.56. The summed E-state index contributed by atoms with van der Waals surface area (Å²) in [6, 6.07) is 11.9. The molecule has 1 aromatic heterocycles. The van der Waals surface area contributed by atoms with Gasteiger partial charge in [0.05, 0.1) is 0 Å². The van der Waals surface area contributed by atoms with Crippen LogP contribution in [-0.2, 0) is 11.3 Å². The van der Waals surface area contributed by atoms with Crippen molar-refractivity contribution < 1.29 is 9.36 Å². The van der Waals surface area contributed by atoms with Gasteiger partial charge in [0.25, 0.3) is 5.91 Å². The van der Waals surface area contributed by atoms with Crippen LogP contribution in [0.4, 0.5) is 5.69 Å². The van der Waals surface area contributed by atoms with Gasteiger partial charge in [0, 0.05) is 17.3 Å². The van der Waals surface area contributed by atoms with E-state index in [0.717, 1.165) is 11.3 Å². The minimum Gasteiger partial charge on any atom is -0.320 e. The molecule has 0 saturated heterocycles. The van der Waals surface area contributed by atoms with Gasteiger partial charge in [-0.2, -0.15) is 4.57 Å². The van der Waals surface area contributed by atoms with Gasteiger partial charge in [-0.1, -0.05) is 32.0 Å². The molecule has 0 aliphatic rings. The Morgan fingerprint density at radius 2 is 1.95 bits per heavy atom. The summed E-state index contributed by atoms with van der Waals surface area (Å²) in [5.41, 5.74) is 3.18. The minimum atomic E-state index is -0.00907. The van der Waals surface area contributed by atoms with Gasteiger partial charge >= 0.3 is 0 Å². The monoisotopic (exact) mass is 269 g/mol. The summed E-state index contributed by atoms with van der Waals surface area (Å²) in [5, 5.41) is 2.95. The fourth-order valence-corrected chi connectivity index (χ4v) is 2.05. The topological polar surface area (TPSA) is 33.0 Å². The van der Waals surface area contributed by atoms with E-state index >= 15 is 0 Å². The van der Waals surface area contributed by atoms with Crippen LogP contribution in [0.1, 0.15) is 30.9 Å². The van der Waals surface area contributed by atoms with E-state index in [2.05, 4.69) is 25.2 Å². The maximum atomic E-state index is 12.1. The van der Waals surface area contributed by atoms with Crippen LogP contribution in [0, 0.1) is 6.92 Å². The molecule has 0 atom stereocenters. The maximum Gasteiger partial charge on any atom is 0.290 e. The lowest BCUT2D eigenvalue weighted by Gasteiger charge is -2.07. The molecule has 3 heteroatoms. The van der Waals surface area contributed by atoms with Gasteiger partial charge in [-0.25, -0.2) is 0 Å². The van der Waals surface area contributed by atoms with Gasteiger partial charge in [-0.3, -0.25) is 4.79 Å². The number of carbonyl (C=O) groups excluding carboxylic acids is 1. The van der Waals surface area contributed by atoms with Gasteiger partial charge in [0.2, 0.25) is 6.54 Å². The Bertz CT molecular complexity index is 605. The molecule has 2 aromatic rings. The highest BCUT2D eigenvalue weighted by molar-refractivity contribution is 5.90. The van der Waals surface area contributed by atoms with Crippen molar-refractivity contribution >= 4 is 11.6 Å². The van der Waals surface area contributed by atoms with Crippen molar-refractivity contribution in [3.63, 3.8) is 0 Å². The molecule has 0 aliphatic carbocycles. The number of anilines is 1. The first-order valence-corrected chi connectivity index (χ1v) is 6.91. The first-order valence-electron chi connectivity index (χ1n) is 6.91. The molecule has 20 heavy (non-hydrogen) atoms. The number of hydrogen-bond donors (Lipinski definition) is 1. The molecule has 0 unspecified atom stereocenters. The first kappa shape index (κ1) is 14.3. The molecular formula is C17H21N2O+. The van der Waals surface area contributed by atoms with E-state index in [1.807, 2.05) is 54.2 Å². The molecule has 1 N–H and O–H groups in total. The molecule has 0 saturated carbocycles. The Kier molecular flexibility index (Phi) is 4.51. The zero-order chi connectivity index (χ0) is 14.5. The molecule has 0 fully saturated rings. The number of nitrogens with zero attached hydrogens (tertiary/aromatic N) is 1. The van der Waals surface area contributed by atoms with E-state index < -0.39 is 0 Å². The van der Waals surface area contributed by atoms with Gasteiger partial charge in [0.1, 0.15) is 0 Å². The molecule has 2 rings (SSSR count). The van der Waals surface area contributed by atoms with Crippen molar-refractivity contribution in [3.05, 3.63) is 59.9 Å². The Hall–Kier alpha value is -2.16. The number of nitrogens with one attached hydrogen (secondary N) is 1. The van der Waals surface area contributed by atoms with Gasteiger partial charge in [0.15, 0.2) is 12.4 Å². The van der Waals surface area contributed by atoms with E-state index in [9.17, 15) is 4.79 Å². The third-order valence-corrected chi connectivity index (χ3v) is 3.29. The van der Waals surface area contributed by atoms with Crippen molar-refractivity contribution in [1.29, 1.82) is 0 Å². The summed E-state index contributed by atoms with van der Waals surface area (Å²) in [4.78, 5) is 12.1. The molecule has 0 radical (unpaired) electrons. The standard InChI is InChI=1S/C17H20N2O/c1-13(2)15-8-6-10-19(11-15)12-17(20)18-16-9-5-4-7-14(16)3/h4-11,13H,12H2,1-3H3/p+1. The minimum absolute atomic E-state index is 0.00907. The number of para-hydroxylation sites is 1. The fraction of sp³-hybridized carbons (Fsp3) is 0.294. The van der Waals surface area contributed by atoms with Crippen molar-refractivity contribution in [2.24, 2.45) is 0 Å². The van der Waals surface area contributed by atoms with E-state index in [4.69, 9.17) is 0 Å². The summed E-state index contributed by atoms with van der Waals surface area (Å²) in [6.45, 7) is 6.61. The normalized spacial score (nSPS) is 10.6. The molecule has 0 aliphatic heterocycles. The van der Waals surface area contributed by atoms with Crippen LogP contribution in [0.3, 0.4) is 0 Å². The lowest BCUT2D eigenvalue weighted by atomic mass is 10.1. The number of rotatable bonds is 4. The second kappa shape index (κ2) is 6.33. The quantitative estimate of drug-likeness (QED) is 0.850. The highest BCUT2D eigenvalue weighted by Gasteiger charge is 2.12. The van der Waals surface area contributed by atoms with Crippen LogP contribution in [-0.4, -0.2) is 5.91 Å². The van der Waals surface area contributed by atoms with E-state index in [1.165, 1.54) is 5.56 Å². The molecule has 104 valence electrons. The number of benzene rings is 1. The summed E-state index contributed by atoms with van der Waals surface area (Å²) >= 11 is 0. The highest BCUT2D eigenvalue weighted by Crippen LogP contribution is 2.13.